The van der Waals surface area contributed by atoms with Crippen LogP contribution in [0, 0.1) is 0 Å². The van der Waals surface area contributed by atoms with E-state index in [9.17, 15) is 8.42 Å². The molecule has 1 aliphatic rings. The van der Waals surface area contributed by atoms with Crippen LogP contribution in [-0.4, -0.2) is 41.9 Å². The molecule has 0 unspecified atom stereocenters. The van der Waals surface area contributed by atoms with Crippen LogP contribution in [0.5, 0.6) is 5.88 Å². The van der Waals surface area contributed by atoms with Crippen molar-refractivity contribution in [2.24, 2.45) is 0 Å². The fraction of sp³-hybridized carbons (Fsp3) is 0.385. The van der Waals surface area contributed by atoms with E-state index in [0.29, 0.717) is 36.1 Å². The Labute approximate surface area is 137 Å². The maximum Gasteiger partial charge on any atom is 0.252 e. The van der Waals surface area contributed by atoms with E-state index in [1.807, 2.05) is 0 Å². The summed E-state index contributed by atoms with van der Waals surface area (Å²) in [5, 5.41) is 0. The molecule has 3 rings (SSSR count). The molecule has 0 aromatic carbocycles. The van der Waals surface area contributed by atoms with Gasteiger partial charge in [-0.05, 0) is 25.0 Å². The van der Waals surface area contributed by atoms with E-state index in [2.05, 4.69) is 9.97 Å². The summed E-state index contributed by atoms with van der Waals surface area (Å²) in [5.41, 5.74) is 0. The van der Waals surface area contributed by atoms with Gasteiger partial charge in [-0.2, -0.15) is 4.31 Å². The Bertz CT molecular complexity index is 728. The molecule has 0 aliphatic carbocycles. The Kier molecular flexibility index (Phi) is 4.62. The van der Waals surface area contributed by atoms with Crippen molar-refractivity contribution >= 4 is 33.0 Å². The molecule has 0 atom stereocenters. The normalized spacial score (nSPS) is 17.5. The predicted molar refractivity (Wildman–Crippen MR) is 83.8 cm³/mol. The lowest BCUT2D eigenvalue weighted by atomic mass is 10.1. The minimum atomic E-state index is -3.45. The van der Waals surface area contributed by atoms with E-state index in [1.165, 1.54) is 4.31 Å². The lowest BCUT2D eigenvalue weighted by Crippen LogP contribution is -2.41. The lowest BCUT2D eigenvalue weighted by molar-refractivity contribution is 0.129. The summed E-state index contributed by atoms with van der Waals surface area (Å²) in [6.07, 6.45) is 5.89. The van der Waals surface area contributed by atoms with Crippen LogP contribution in [0.25, 0.3) is 0 Å². The number of halogens is 1. The Morgan fingerprint density at radius 3 is 2.64 bits per heavy atom. The Balaban J connectivity index is 1.62. The zero-order valence-corrected chi connectivity index (χ0v) is 13.9. The maximum absolute atomic E-state index is 12.5. The van der Waals surface area contributed by atoms with Gasteiger partial charge in [-0.25, -0.2) is 13.4 Å². The van der Waals surface area contributed by atoms with Gasteiger partial charge in [-0.1, -0.05) is 11.6 Å². The highest BCUT2D eigenvalue weighted by Crippen LogP contribution is 2.30. The van der Waals surface area contributed by atoms with Gasteiger partial charge in [0.25, 0.3) is 10.0 Å². The quantitative estimate of drug-likeness (QED) is 0.838. The summed E-state index contributed by atoms with van der Waals surface area (Å²) in [5.74, 6) is 0.467. The third kappa shape index (κ3) is 3.40. The molecule has 3 heterocycles. The van der Waals surface area contributed by atoms with E-state index in [1.54, 1.807) is 30.7 Å². The molecule has 0 saturated carbocycles. The Morgan fingerprint density at radius 1 is 1.27 bits per heavy atom. The summed E-state index contributed by atoms with van der Waals surface area (Å²) in [6.45, 7) is 0.839. The highest BCUT2D eigenvalue weighted by molar-refractivity contribution is 7.91. The highest BCUT2D eigenvalue weighted by atomic mass is 35.5. The summed E-state index contributed by atoms with van der Waals surface area (Å²) in [6, 6.07) is 3.15. The van der Waals surface area contributed by atoms with Crippen molar-refractivity contribution in [3.8, 4) is 5.88 Å². The second-order valence-corrected chi connectivity index (χ2v) is 8.70. The minimum Gasteiger partial charge on any atom is -0.473 e. The monoisotopic (exact) mass is 359 g/mol. The molecular formula is C13H14ClN3O3S2. The molecular weight excluding hydrogens is 346 g/mol. The number of thiophene rings is 1. The summed E-state index contributed by atoms with van der Waals surface area (Å²) in [7, 11) is -3.45. The molecule has 2 aromatic heterocycles. The smallest absolute Gasteiger partial charge is 0.252 e. The van der Waals surface area contributed by atoms with E-state index in [0.717, 1.165) is 11.3 Å². The fourth-order valence-electron chi connectivity index (χ4n) is 2.27. The first-order valence-electron chi connectivity index (χ1n) is 6.74. The van der Waals surface area contributed by atoms with Crippen molar-refractivity contribution in [1.29, 1.82) is 0 Å². The molecule has 0 radical (unpaired) electrons. The first kappa shape index (κ1) is 15.7. The van der Waals surface area contributed by atoms with Gasteiger partial charge in [-0.15, -0.1) is 11.3 Å². The largest absolute Gasteiger partial charge is 0.473 e. The predicted octanol–water partition coefficient (Wildman–Crippen LogP) is 2.42. The lowest BCUT2D eigenvalue weighted by Gasteiger charge is -2.30. The van der Waals surface area contributed by atoms with Gasteiger partial charge in [0, 0.05) is 25.5 Å². The summed E-state index contributed by atoms with van der Waals surface area (Å²) < 4.78 is 32.9. The van der Waals surface area contributed by atoms with Crippen LogP contribution < -0.4 is 4.74 Å². The zero-order valence-electron chi connectivity index (χ0n) is 11.6. The number of aromatic nitrogens is 2. The molecule has 2 aromatic rings. The van der Waals surface area contributed by atoms with Crippen molar-refractivity contribution in [2.45, 2.75) is 23.2 Å². The summed E-state index contributed by atoms with van der Waals surface area (Å²) >= 11 is 6.90. The van der Waals surface area contributed by atoms with Crippen molar-refractivity contribution in [3.05, 3.63) is 35.1 Å². The van der Waals surface area contributed by atoms with Crippen molar-refractivity contribution in [1.82, 2.24) is 14.3 Å². The topological polar surface area (TPSA) is 72.4 Å². The van der Waals surface area contributed by atoms with Gasteiger partial charge >= 0.3 is 0 Å². The molecule has 0 N–H and O–H groups in total. The Hall–Kier alpha value is -1.22. The average molecular weight is 360 g/mol. The van der Waals surface area contributed by atoms with Gasteiger partial charge < -0.3 is 4.74 Å². The second kappa shape index (κ2) is 6.49. The van der Waals surface area contributed by atoms with E-state index >= 15 is 0 Å². The molecule has 0 amide bonds. The molecule has 1 fully saturated rings. The fourth-order valence-corrected chi connectivity index (χ4v) is 5.38. The van der Waals surface area contributed by atoms with Crippen molar-refractivity contribution in [3.63, 3.8) is 0 Å². The number of ether oxygens (including phenoxy) is 1. The molecule has 1 aliphatic heterocycles. The number of hydrogen-bond acceptors (Lipinski definition) is 6. The Morgan fingerprint density at radius 2 is 2.05 bits per heavy atom. The molecule has 0 bridgehead atoms. The van der Waals surface area contributed by atoms with E-state index in [4.69, 9.17) is 16.3 Å². The van der Waals surface area contributed by atoms with Crippen LogP contribution in [0.3, 0.4) is 0 Å². The first-order chi connectivity index (χ1) is 10.6. The molecule has 22 heavy (non-hydrogen) atoms. The maximum atomic E-state index is 12.5. The van der Waals surface area contributed by atoms with Crippen LogP contribution in [0.2, 0.25) is 4.34 Å². The minimum absolute atomic E-state index is 0.0462. The highest BCUT2D eigenvalue weighted by Gasteiger charge is 2.31. The molecule has 9 heteroatoms. The van der Waals surface area contributed by atoms with Crippen molar-refractivity contribution < 1.29 is 13.2 Å². The number of rotatable bonds is 4. The SMILES string of the molecule is O=S(=O)(c1ccc(Cl)s1)N1CCC(Oc2cnccn2)CC1. The average Bonchev–Trinajstić information content (AvgIpc) is 2.96. The van der Waals surface area contributed by atoms with Crippen LogP contribution >= 0.6 is 22.9 Å². The second-order valence-electron chi connectivity index (χ2n) is 4.82. The molecule has 1 saturated heterocycles. The third-order valence-corrected chi connectivity index (χ3v) is 6.97. The molecule has 6 nitrogen and oxygen atoms in total. The van der Waals surface area contributed by atoms with Crippen LogP contribution in [0.4, 0.5) is 0 Å². The van der Waals surface area contributed by atoms with Gasteiger partial charge in [0.1, 0.15) is 10.3 Å². The number of nitrogens with zero attached hydrogens (tertiary/aromatic N) is 3. The van der Waals surface area contributed by atoms with Crippen LogP contribution in [0.1, 0.15) is 12.8 Å². The van der Waals surface area contributed by atoms with Crippen molar-refractivity contribution in [2.75, 3.05) is 13.1 Å². The van der Waals surface area contributed by atoms with Crippen LogP contribution in [-0.2, 0) is 10.0 Å². The van der Waals surface area contributed by atoms with Crippen LogP contribution in [0.15, 0.2) is 34.9 Å². The molecule has 0 spiro atoms. The van der Waals surface area contributed by atoms with Gasteiger partial charge in [-0.3, -0.25) is 4.98 Å². The van der Waals surface area contributed by atoms with E-state index < -0.39 is 10.0 Å². The van der Waals surface area contributed by atoms with Gasteiger partial charge in [0.2, 0.25) is 5.88 Å². The third-order valence-electron chi connectivity index (χ3n) is 3.37. The standard InChI is InChI=1S/C13H14ClN3O3S2/c14-11-1-2-13(21-11)22(18,19)17-7-3-10(4-8-17)20-12-9-15-5-6-16-12/h1-2,5-6,9-10H,3-4,7-8H2. The zero-order chi connectivity index (χ0) is 15.6. The van der Waals surface area contributed by atoms with E-state index in [-0.39, 0.29) is 10.3 Å². The number of sulfonamides is 1. The van der Waals surface area contributed by atoms with Gasteiger partial charge in [0.15, 0.2) is 0 Å². The summed E-state index contributed by atoms with van der Waals surface area (Å²) in [4.78, 5) is 8.00. The molecule has 118 valence electrons. The number of hydrogen-bond donors (Lipinski definition) is 0. The van der Waals surface area contributed by atoms with Gasteiger partial charge in [0.05, 0.1) is 10.5 Å². The first-order valence-corrected chi connectivity index (χ1v) is 9.37. The number of piperidine rings is 1.